The number of carbonyl (C=O) groups is 2. The van der Waals surface area contributed by atoms with E-state index in [1.165, 1.54) is 30.7 Å². The number of ether oxygens (including phenoxy) is 2. The van der Waals surface area contributed by atoms with Crippen LogP contribution in [0.5, 0.6) is 5.75 Å². The molecule has 1 aromatic rings. The molecule has 0 aromatic heterocycles. The summed E-state index contributed by atoms with van der Waals surface area (Å²) in [5.41, 5.74) is 0. The van der Waals surface area contributed by atoms with Crippen LogP contribution in [0.4, 0.5) is 4.39 Å². The molecular formula is C17H22FNO4. The molecule has 1 aliphatic rings. The Bertz CT molecular complexity index is 532. The number of nitrogens with one attached hydrogen (secondary N) is 1. The minimum Gasteiger partial charge on any atom is -0.482 e. The van der Waals surface area contributed by atoms with Gasteiger partial charge in [-0.15, -0.1) is 0 Å². The molecule has 1 saturated carbocycles. The molecule has 6 heteroatoms. The predicted molar refractivity (Wildman–Crippen MR) is 82.4 cm³/mol. The second-order valence-electron chi connectivity index (χ2n) is 5.84. The molecule has 2 rings (SSSR count). The lowest BCUT2D eigenvalue weighted by atomic mass is 9.86. The predicted octanol–water partition coefficient (Wildman–Crippen LogP) is 2.44. The van der Waals surface area contributed by atoms with E-state index in [9.17, 15) is 14.0 Å². The maximum atomic E-state index is 12.7. The summed E-state index contributed by atoms with van der Waals surface area (Å²) < 4.78 is 22.7. The largest absolute Gasteiger partial charge is 0.482 e. The molecule has 0 spiro atoms. The van der Waals surface area contributed by atoms with Crippen LogP contribution >= 0.6 is 0 Å². The Kier molecular flexibility index (Phi) is 6.38. The molecule has 1 N–H and O–H groups in total. The van der Waals surface area contributed by atoms with Gasteiger partial charge in [-0.1, -0.05) is 19.8 Å². The van der Waals surface area contributed by atoms with Crippen molar-refractivity contribution in [3.63, 3.8) is 0 Å². The van der Waals surface area contributed by atoms with Crippen molar-refractivity contribution in [3.05, 3.63) is 30.1 Å². The zero-order chi connectivity index (χ0) is 16.7. The van der Waals surface area contributed by atoms with E-state index in [0.717, 1.165) is 19.3 Å². The Morgan fingerprint density at radius 1 is 1.17 bits per heavy atom. The number of hydrogen-bond donors (Lipinski definition) is 1. The first kappa shape index (κ1) is 17.2. The second-order valence-corrected chi connectivity index (χ2v) is 5.84. The summed E-state index contributed by atoms with van der Waals surface area (Å²) in [5.74, 6) is -0.498. The monoisotopic (exact) mass is 323 g/mol. The molecule has 1 aromatic carbocycles. The van der Waals surface area contributed by atoms with Gasteiger partial charge in [0.05, 0.1) is 0 Å². The highest BCUT2D eigenvalue weighted by atomic mass is 19.1. The fourth-order valence-electron chi connectivity index (χ4n) is 2.64. The number of benzene rings is 1. The zero-order valence-electron chi connectivity index (χ0n) is 13.2. The summed E-state index contributed by atoms with van der Waals surface area (Å²) >= 11 is 0. The SMILES string of the molecule is C[C@H]1CCCC[C@@H]1NC(=O)COC(=O)COc1ccc(F)cc1. The summed E-state index contributed by atoms with van der Waals surface area (Å²) in [7, 11) is 0. The minimum atomic E-state index is -0.638. The van der Waals surface area contributed by atoms with Crippen molar-refractivity contribution in [2.75, 3.05) is 13.2 Å². The van der Waals surface area contributed by atoms with E-state index in [0.29, 0.717) is 11.7 Å². The highest BCUT2D eigenvalue weighted by Crippen LogP contribution is 2.23. The molecule has 2 atom stereocenters. The van der Waals surface area contributed by atoms with Crippen molar-refractivity contribution in [3.8, 4) is 5.75 Å². The Labute approximate surface area is 135 Å². The van der Waals surface area contributed by atoms with Gasteiger partial charge in [-0.05, 0) is 43.0 Å². The first-order valence-electron chi connectivity index (χ1n) is 7.88. The zero-order valence-corrected chi connectivity index (χ0v) is 13.2. The third kappa shape index (κ3) is 5.88. The summed E-state index contributed by atoms with van der Waals surface area (Å²) in [6, 6.07) is 5.46. The Morgan fingerprint density at radius 2 is 1.87 bits per heavy atom. The van der Waals surface area contributed by atoms with Crippen LogP contribution < -0.4 is 10.1 Å². The Balaban J connectivity index is 1.65. The average Bonchev–Trinajstić information content (AvgIpc) is 2.54. The molecule has 23 heavy (non-hydrogen) atoms. The van der Waals surface area contributed by atoms with Gasteiger partial charge in [0.25, 0.3) is 5.91 Å². The van der Waals surface area contributed by atoms with Gasteiger partial charge in [0.1, 0.15) is 11.6 Å². The van der Waals surface area contributed by atoms with Crippen LogP contribution in [0.2, 0.25) is 0 Å². The number of carbonyl (C=O) groups excluding carboxylic acids is 2. The minimum absolute atomic E-state index is 0.158. The summed E-state index contributed by atoms with van der Waals surface area (Å²) in [6.07, 6.45) is 4.38. The van der Waals surface area contributed by atoms with Crippen molar-refractivity contribution in [1.82, 2.24) is 5.32 Å². The van der Waals surface area contributed by atoms with Crippen LogP contribution in [0, 0.1) is 11.7 Å². The highest BCUT2D eigenvalue weighted by molar-refractivity contribution is 5.81. The van der Waals surface area contributed by atoms with Crippen LogP contribution in [0.3, 0.4) is 0 Å². The smallest absolute Gasteiger partial charge is 0.344 e. The van der Waals surface area contributed by atoms with Gasteiger partial charge in [0.2, 0.25) is 0 Å². The topological polar surface area (TPSA) is 64.6 Å². The molecule has 0 saturated heterocycles. The van der Waals surface area contributed by atoms with Crippen LogP contribution in [-0.2, 0) is 14.3 Å². The Hall–Kier alpha value is -2.11. The lowest BCUT2D eigenvalue weighted by Crippen LogP contribution is -2.43. The third-order valence-corrected chi connectivity index (χ3v) is 3.99. The van der Waals surface area contributed by atoms with Crippen LogP contribution in [0.15, 0.2) is 24.3 Å². The summed E-state index contributed by atoms with van der Waals surface area (Å²) in [4.78, 5) is 23.3. The van der Waals surface area contributed by atoms with Crippen LogP contribution in [-0.4, -0.2) is 31.1 Å². The van der Waals surface area contributed by atoms with Crippen molar-refractivity contribution >= 4 is 11.9 Å². The molecule has 1 amide bonds. The van der Waals surface area contributed by atoms with Gasteiger partial charge in [0, 0.05) is 6.04 Å². The van der Waals surface area contributed by atoms with Gasteiger partial charge in [-0.3, -0.25) is 4.79 Å². The van der Waals surface area contributed by atoms with Crippen LogP contribution in [0.25, 0.3) is 0 Å². The van der Waals surface area contributed by atoms with E-state index < -0.39 is 5.97 Å². The highest BCUT2D eigenvalue weighted by Gasteiger charge is 2.23. The fourth-order valence-corrected chi connectivity index (χ4v) is 2.64. The number of esters is 1. The lowest BCUT2D eigenvalue weighted by molar-refractivity contribution is -0.150. The van der Waals surface area contributed by atoms with E-state index in [1.54, 1.807) is 0 Å². The molecule has 1 fully saturated rings. The van der Waals surface area contributed by atoms with Crippen molar-refractivity contribution in [1.29, 1.82) is 0 Å². The normalized spacial score (nSPS) is 20.6. The maximum absolute atomic E-state index is 12.7. The molecule has 5 nitrogen and oxygen atoms in total. The molecule has 0 aliphatic heterocycles. The molecule has 0 radical (unpaired) electrons. The van der Waals surface area contributed by atoms with Crippen molar-refractivity contribution in [2.45, 2.75) is 38.6 Å². The molecular weight excluding hydrogens is 301 g/mol. The van der Waals surface area contributed by atoms with E-state index >= 15 is 0 Å². The lowest BCUT2D eigenvalue weighted by Gasteiger charge is -2.29. The fraction of sp³-hybridized carbons (Fsp3) is 0.529. The standard InChI is InChI=1S/C17H22FNO4/c1-12-4-2-3-5-15(12)19-16(20)10-23-17(21)11-22-14-8-6-13(18)7-9-14/h6-9,12,15H,2-5,10-11H2,1H3,(H,19,20)/t12-,15-/m0/s1. The average molecular weight is 323 g/mol. The number of halogens is 1. The van der Waals surface area contributed by atoms with Crippen molar-refractivity contribution in [2.24, 2.45) is 5.92 Å². The van der Waals surface area contributed by atoms with Gasteiger partial charge in [-0.2, -0.15) is 0 Å². The summed E-state index contributed by atoms with van der Waals surface area (Å²) in [5, 5.41) is 2.91. The van der Waals surface area contributed by atoms with E-state index in [2.05, 4.69) is 12.2 Å². The number of hydrogen-bond acceptors (Lipinski definition) is 4. The van der Waals surface area contributed by atoms with E-state index in [4.69, 9.17) is 9.47 Å². The van der Waals surface area contributed by atoms with Crippen LogP contribution in [0.1, 0.15) is 32.6 Å². The molecule has 126 valence electrons. The summed E-state index contributed by atoms with van der Waals surface area (Å²) in [6.45, 7) is 1.49. The molecule has 0 unspecified atom stereocenters. The Morgan fingerprint density at radius 3 is 2.57 bits per heavy atom. The molecule has 0 heterocycles. The first-order valence-corrected chi connectivity index (χ1v) is 7.88. The van der Waals surface area contributed by atoms with Gasteiger partial charge < -0.3 is 14.8 Å². The second kappa shape index (κ2) is 8.50. The van der Waals surface area contributed by atoms with Gasteiger partial charge in [-0.25, -0.2) is 9.18 Å². The van der Waals surface area contributed by atoms with Crippen molar-refractivity contribution < 1.29 is 23.5 Å². The maximum Gasteiger partial charge on any atom is 0.344 e. The number of rotatable bonds is 6. The quantitative estimate of drug-likeness (QED) is 0.817. The van der Waals surface area contributed by atoms with E-state index in [1.807, 2.05) is 0 Å². The van der Waals surface area contributed by atoms with Gasteiger partial charge >= 0.3 is 5.97 Å². The third-order valence-electron chi connectivity index (χ3n) is 3.99. The van der Waals surface area contributed by atoms with Gasteiger partial charge in [0.15, 0.2) is 13.2 Å². The first-order chi connectivity index (χ1) is 11.0. The molecule has 0 bridgehead atoms. The number of amides is 1. The molecule has 1 aliphatic carbocycles. The van der Waals surface area contributed by atoms with E-state index in [-0.39, 0.29) is 31.0 Å².